The molecule has 2 rings (SSSR count). The lowest BCUT2D eigenvalue weighted by Crippen LogP contribution is -2.32. The summed E-state index contributed by atoms with van der Waals surface area (Å²) in [7, 11) is 0. The molecular weight excluding hydrogens is 366 g/mol. The molecule has 0 radical (unpaired) electrons. The van der Waals surface area contributed by atoms with E-state index in [0.717, 1.165) is 15.8 Å². The van der Waals surface area contributed by atoms with Gasteiger partial charge in [0.1, 0.15) is 5.75 Å². The van der Waals surface area contributed by atoms with Crippen molar-refractivity contribution in [2.45, 2.75) is 26.4 Å². The van der Waals surface area contributed by atoms with Crippen molar-refractivity contribution in [3.63, 3.8) is 0 Å². The summed E-state index contributed by atoms with van der Waals surface area (Å²) in [6, 6.07) is 12.9. The summed E-state index contributed by atoms with van der Waals surface area (Å²) in [6.07, 6.45) is 0.0215. The van der Waals surface area contributed by atoms with Gasteiger partial charge in [-0.05, 0) is 59.1 Å². The van der Waals surface area contributed by atoms with Crippen LogP contribution in [0.2, 0.25) is 5.02 Å². The molecule has 1 amide bonds. The van der Waals surface area contributed by atoms with Crippen LogP contribution in [-0.2, 0) is 4.79 Å². The van der Waals surface area contributed by atoms with Crippen molar-refractivity contribution >= 4 is 39.1 Å². The monoisotopic (exact) mass is 381 g/mol. The van der Waals surface area contributed by atoms with Crippen LogP contribution in [0.4, 0.5) is 5.69 Å². The van der Waals surface area contributed by atoms with Gasteiger partial charge in [0.15, 0.2) is 6.10 Å². The van der Waals surface area contributed by atoms with E-state index in [4.69, 9.17) is 16.3 Å². The fourth-order valence-electron chi connectivity index (χ4n) is 1.96. The fourth-order valence-corrected chi connectivity index (χ4v) is 2.39. The lowest BCUT2D eigenvalue weighted by atomic mass is 10.2. The molecule has 0 aliphatic heterocycles. The number of nitrogens with one attached hydrogen (secondary N) is 1. The van der Waals surface area contributed by atoms with Crippen molar-refractivity contribution in [3.05, 3.63) is 57.5 Å². The lowest BCUT2D eigenvalue weighted by Gasteiger charge is -2.18. The van der Waals surface area contributed by atoms with Gasteiger partial charge in [-0.2, -0.15) is 0 Å². The third kappa shape index (κ3) is 4.24. The van der Waals surface area contributed by atoms with Crippen LogP contribution >= 0.6 is 27.5 Å². The normalized spacial score (nSPS) is 11.8. The minimum absolute atomic E-state index is 0.191. The summed E-state index contributed by atoms with van der Waals surface area (Å²) in [6.45, 7) is 3.87. The number of carbonyl (C=O) groups excluding carboxylic acids is 1. The number of para-hydroxylation sites is 1. The number of ether oxygens (including phenoxy) is 1. The molecule has 2 aromatic rings. The van der Waals surface area contributed by atoms with E-state index < -0.39 is 6.10 Å². The van der Waals surface area contributed by atoms with Crippen LogP contribution in [0.5, 0.6) is 5.75 Å². The van der Waals surface area contributed by atoms with Gasteiger partial charge < -0.3 is 10.1 Å². The van der Waals surface area contributed by atoms with Crippen LogP contribution in [0, 0.1) is 6.92 Å². The standard InChI is InChI=1S/C17H17BrClNO2/c1-3-15(22-16-7-5-4-6-11(16)2)17(21)20-12-8-9-13(18)14(19)10-12/h4-10,15H,3H2,1-2H3,(H,20,21). The molecule has 0 spiro atoms. The Kier molecular flexibility index (Phi) is 5.86. The Morgan fingerprint density at radius 1 is 1.32 bits per heavy atom. The van der Waals surface area contributed by atoms with E-state index >= 15 is 0 Å². The molecule has 1 atom stereocenters. The number of amides is 1. The molecule has 0 heterocycles. The molecule has 0 aliphatic carbocycles. The first-order chi connectivity index (χ1) is 10.5. The molecule has 0 aromatic heterocycles. The maximum atomic E-state index is 12.4. The lowest BCUT2D eigenvalue weighted by molar-refractivity contribution is -0.122. The quantitative estimate of drug-likeness (QED) is 0.771. The molecule has 0 aliphatic rings. The second kappa shape index (κ2) is 7.65. The maximum absolute atomic E-state index is 12.4. The predicted molar refractivity (Wildman–Crippen MR) is 93.7 cm³/mol. The SMILES string of the molecule is CCC(Oc1ccccc1C)C(=O)Nc1ccc(Br)c(Cl)c1. The first-order valence-corrected chi connectivity index (χ1v) is 8.16. The van der Waals surface area contributed by atoms with E-state index in [9.17, 15) is 4.79 Å². The largest absolute Gasteiger partial charge is 0.480 e. The maximum Gasteiger partial charge on any atom is 0.265 e. The minimum Gasteiger partial charge on any atom is -0.480 e. The van der Waals surface area contributed by atoms with Crippen molar-refractivity contribution in [3.8, 4) is 5.75 Å². The number of hydrogen-bond acceptors (Lipinski definition) is 2. The third-order valence-corrected chi connectivity index (χ3v) is 4.45. The zero-order valence-corrected chi connectivity index (χ0v) is 14.7. The topological polar surface area (TPSA) is 38.3 Å². The van der Waals surface area contributed by atoms with Gasteiger partial charge in [0.2, 0.25) is 0 Å². The predicted octanol–water partition coefficient (Wildman–Crippen LogP) is 5.21. The van der Waals surface area contributed by atoms with E-state index in [-0.39, 0.29) is 5.91 Å². The highest BCUT2D eigenvalue weighted by Crippen LogP contribution is 2.26. The van der Waals surface area contributed by atoms with E-state index in [2.05, 4.69) is 21.2 Å². The Morgan fingerprint density at radius 2 is 2.05 bits per heavy atom. The second-order valence-corrected chi connectivity index (χ2v) is 6.16. The molecule has 3 nitrogen and oxygen atoms in total. The Morgan fingerprint density at radius 3 is 2.68 bits per heavy atom. The first kappa shape index (κ1) is 16.8. The van der Waals surface area contributed by atoms with Gasteiger partial charge in [-0.3, -0.25) is 4.79 Å². The molecule has 116 valence electrons. The number of rotatable bonds is 5. The minimum atomic E-state index is -0.552. The van der Waals surface area contributed by atoms with E-state index in [1.54, 1.807) is 18.2 Å². The number of halogens is 2. The van der Waals surface area contributed by atoms with Crippen LogP contribution in [0.3, 0.4) is 0 Å². The highest BCUT2D eigenvalue weighted by Gasteiger charge is 2.19. The molecule has 22 heavy (non-hydrogen) atoms. The summed E-state index contributed by atoms with van der Waals surface area (Å²) in [5.74, 6) is 0.530. The highest BCUT2D eigenvalue weighted by molar-refractivity contribution is 9.10. The van der Waals surface area contributed by atoms with Crippen molar-refractivity contribution < 1.29 is 9.53 Å². The summed E-state index contributed by atoms with van der Waals surface area (Å²) >= 11 is 9.35. The summed E-state index contributed by atoms with van der Waals surface area (Å²) < 4.78 is 6.62. The van der Waals surface area contributed by atoms with Crippen molar-refractivity contribution in [1.29, 1.82) is 0 Å². The van der Waals surface area contributed by atoms with E-state index in [1.165, 1.54) is 0 Å². The number of anilines is 1. The number of carbonyl (C=O) groups is 1. The Balaban J connectivity index is 2.08. The van der Waals surface area contributed by atoms with E-state index in [0.29, 0.717) is 17.1 Å². The molecule has 0 bridgehead atoms. The third-order valence-electron chi connectivity index (χ3n) is 3.21. The molecular formula is C17H17BrClNO2. The average molecular weight is 383 g/mol. The van der Waals surface area contributed by atoms with Crippen molar-refractivity contribution in [2.24, 2.45) is 0 Å². The summed E-state index contributed by atoms with van der Waals surface area (Å²) in [5.41, 5.74) is 1.64. The summed E-state index contributed by atoms with van der Waals surface area (Å²) in [5, 5.41) is 3.38. The van der Waals surface area contributed by atoms with Gasteiger partial charge in [0.05, 0.1) is 5.02 Å². The van der Waals surface area contributed by atoms with Gasteiger partial charge in [0.25, 0.3) is 5.91 Å². The van der Waals surface area contributed by atoms with Crippen LogP contribution < -0.4 is 10.1 Å². The van der Waals surface area contributed by atoms with Crippen LogP contribution in [0.15, 0.2) is 46.9 Å². The van der Waals surface area contributed by atoms with Crippen LogP contribution in [0.1, 0.15) is 18.9 Å². The first-order valence-electron chi connectivity index (χ1n) is 6.99. The molecule has 0 fully saturated rings. The van der Waals surface area contributed by atoms with E-state index in [1.807, 2.05) is 38.1 Å². The van der Waals surface area contributed by atoms with Crippen LogP contribution in [-0.4, -0.2) is 12.0 Å². The van der Waals surface area contributed by atoms with Crippen molar-refractivity contribution in [2.75, 3.05) is 5.32 Å². The smallest absolute Gasteiger partial charge is 0.265 e. The number of hydrogen-bond donors (Lipinski definition) is 1. The molecule has 5 heteroatoms. The molecule has 1 N–H and O–H groups in total. The van der Waals surface area contributed by atoms with Crippen LogP contribution in [0.25, 0.3) is 0 Å². The molecule has 0 saturated carbocycles. The van der Waals surface area contributed by atoms with Gasteiger partial charge in [-0.15, -0.1) is 0 Å². The molecule has 1 unspecified atom stereocenters. The van der Waals surface area contributed by atoms with Gasteiger partial charge >= 0.3 is 0 Å². The van der Waals surface area contributed by atoms with Gasteiger partial charge in [-0.25, -0.2) is 0 Å². The second-order valence-electron chi connectivity index (χ2n) is 4.90. The Labute approximate surface area is 143 Å². The molecule has 2 aromatic carbocycles. The average Bonchev–Trinajstić information content (AvgIpc) is 2.50. The van der Waals surface area contributed by atoms with Gasteiger partial charge in [0, 0.05) is 10.2 Å². The Hall–Kier alpha value is -1.52. The van der Waals surface area contributed by atoms with Gasteiger partial charge in [-0.1, -0.05) is 36.7 Å². The number of benzene rings is 2. The zero-order valence-electron chi connectivity index (χ0n) is 12.4. The van der Waals surface area contributed by atoms with Crippen molar-refractivity contribution in [1.82, 2.24) is 0 Å². The summed E-state index contributed by atoms with van der Waals surface area (Å²) in [4.78, 5) is 12.4. The Bertz CT molecular complexity index is 675. The number of aryl methyl sites for hydroxylation is 1. The highest BCUT2D eigenvalue weighted by atomic mass is 79.9. The molecule has 0 saturated heterocycles. The fraction of sp³-hybridized carbons (Fsp3) is 0.235. The zero-order chi connectivity index (χ0) is 16.1.